The SMILES string of the molecule is Cc1noc(C)c1-c1cc(S(=O)(=O)NC2CCCC2)c2ccc(NCC3CC3)nc2c1. The highest BCUT2D eigenvalue weighted by Crippen LogP contribution is 2.35. The molecule has 8 heteroatoms. The van der Waals surface area contributed by atoms with Gasteiger partial charge in [-0.05, 0) is 75.3 Å². The molecule has 7 nitrogen and oxygen atoms in total. The van der Waals surface area contributed by atoms with Crippen LogP contribution in [-0.4, -0.2) is 31.1 Å². The number of aryl methyl sites for hydroxylation is 2. The maximum absolute atomic E-state index is 13.4. The first-order valence-corrected chi connectivity index (χ1v) is 12.5. The second-order valence-electron chi connectivity index (χ2n) is 8.86. The number of benzene rings is 1. The molecule has 0 unspecified atom stereocenters. The number of fused-ring (bicyclic) bond motifs is 1. The van der Waals surface area contributed by atoms with Gasteiger partial charge in [0.2, 0.25) is 10.0 Å². The van der Waals surface area contributed by atoms with Gasteiger partial charge in [0.25, 0.3) is 0 Å². The number of rotatable bonds is 7. The molecule has 0 radical (unpaired) electrons. The van der Waals surface area contributed by atoms with E-state index in [-0.39, 0.29) is 10.9 Å². The van der Waals surface area contributed by atoms with Gasteiger partial charge in [0.1, 0.15) is 11.6 Å². The van der Waals surface area contributed by atoms with Gasteiger partial charge in [0, 0.05) is 23.5 Å². The second kappa shape index (κ2) is 7.91. The van der Waals surface area contributed by atoms with Gasteiger partial charge in [0.05, 0.1) is 16.1 Å². The van der Waals surface area contributed by atoms with E-state index in [9.17, 15) is 8.42 Å². The smallest absolute Gasteiger partial charge is 0.241 e. The zero-order valence-corrected chi connectivity index (χ0v) is 18.8. The summed E-state index contributed by atoms with van der Waals surface area (Å²) in [6, 6.07) is 7.38. The van der Waals surface area contributed by atoms with Crippen molar-refractivity contribution in [3.8, 4) is 11.1 Å². The van der Waals surface area contributed by atoms with Crippen molar-refractivity contribution >= 4 is 26.7 Å². The molecule has 0 bridgehead atoms. The standard InChI is InChI=1S/C23H28N4O3S/c1-14-23(15(2)30-26-14)17-11-20-19(9-10-22(25-20)24-13-16-7-8-16)21(12-17)31(28,29)27-18-5-3-4-6-18/h9-12,16,18,27H,3-8,13H2,1-2H3,(H,24,25). The molecule has 2 aromatic heterocycles. The maximum Gasteiger partial charge on any atom is 0.241 e. The molecular formula is C23H28N4O3S. The van der Waals surface area contributed by atoms with Crippen molar-refractivity contribution in [1.29, 1.82) is 0 Å². The molecule has 2 heterocycles. The lowest BCUT2D eigenvalue weighted by Gasteiger charge is -2.16. The van der Waals surface area contributed by atoms with Crippen molar-refractivity contribution < 1.29 is 12.9 Å². The summed E-state index contributed by atoms with van der Waals surface area (Å²) in [6.45, 7) is 4.60. The summed E-state index contributed by atoms with van der Waals surface area (Å²) in [5.74, 6) is 2.15. The van der Waals surface area contributed by atoms with Crippen molar-refractivity contribution in [1.82, 2.24) is 14.9 Å². The summed E-state index contributed by atoms with van der Waals surface area (Å²) >= 11 is 0. The first-order chi connectivity index (χ1) is 14.9. The molecule has 0 atom stereocenters. The Kier molecular flexibility index (Phi) is 5.22. The third kappa shape index (κ3) is 4.19. The quantitative estimate of drug-likeness (QED) is 0.559. The first-order valence-electron chi connectivity index (χ1n) is 11.0. The van der Waals surface area contributed by atoms with E-state index in [0.29, 0.717) is 16.7 Å². The van der Waals surface area contributed by atoms with Crippen LogP contribution in [-0.2, 0) is 10.0 Å². The molecule has 0 spiro atoms. The number of nitrogens with one attached hydrogen (secondary N) is 2. The predicted molar refractivity (Wildman–Crippen MR) is 121 cm³/mol. The Labute approximate surface area is 182 Å². The fraction of sp³-hybridized carbons (Fsp3) is 0.478. The summed E-state index contributed by atoms with van der Waals surface area (Å²) in [7, 11) is -3.70. The Morgan fingerprint density at radius 3 is 2.55 bits per heavy atom. The van der Waals surface area contributed by atoms with Gasteiger partial charge in [0.15, 0.2) is 0 Å². The Bertz CT molecular complexity index is 1210. The summed E-state index contributed by atoms with van der Waals surface area (Å²) in [4.78, 5) is 5.01. The minimum absolute atomic E-state index is 0.00443. The Balaban J connectivity index is 1.62. The van der Waals surface area contributed by atoms with E-state index >= 15 is 0 Å². The normalized spacial score (nSPS) is 17.5. The molecule has 5 rings (SSSR count). The Morgan fingerprint density at radius 2 is 1.87 bits per heavy atom. The van der Waals surface area contributed by atoms with E-state index < -0.39 is 10.0 Å². The molecule has 31 heavy (non-hydrogen) atoms. The maximum atomic E-state index is 13.4. The highest BCUT2D eigenvalue weighted by Gasteiger charge is 2.27. The molecule has 164 valence electrons. The molecule has 2 fully saturated rings. The van der Waals surface area contributed by atoms with Crippen LogP contribution in [0.15, 0.2) is 33.7 Å². The van der Waals surface area contributed by atoms with Gasteiger partial charge in [-0.3, -0.25) is 0 Å². The van der Waals surface area contributed by atoms with Crippen LogP contribution in [0.5, 0.6) is 0 Å². The van der Waals surface area contributed by atoms with Crippen LogP contribution in [0.1, 0.15) is 50.0 Å². The monoisotopic (exact) mass is 440 g/mol. The Morgan fingerprint density at radius 1 is 1.10 bits per heavy atom. The number of anilines is 1. The minimum atomic E-state index is -3.70. The summed E-state index contributed by atoms with van der Waals surface area (Å²) < 4.78 is 35.1. The van der Waals surface area contributed by atoms with Crippen molar-refractivity contribution in [2.24, 2.45) is 5.92 Å². The van der Waals surface area contributed by atoms with Crippen molar-refractivity contribution in [3.05, 3.63) is 35.7 Å². The van der Waals surface area contributed by atoms with Crippen LogP contribution in [0.25, 0.3) is 22.0 Å². The molecule has 2 aliphatic carbocycles. The number of sulfonamides is 1. The summed E-state index contributed by atoms with van der Waals surface area (Å²) in [6.07, 6.45) is 6.40. The van der Waals surface area contributed by atoms with Crippen LogP contribution in [0.4, 0.5) is 5.82 Å². The van der Waals surface area contributed by atoms with Gasteiger partial charge in [-0.15, -0.1) is 0 Å². The molecule has 0 amide bonds. The molecule has 2 saturated carbocycles. The summed E-state index contributed by atoms with van der Waals surface area (Å²) in [5.41, 5.74) is 2.94. The van der Waals surface area contributed by atoms with Crippen molar-refractivity contribution in [3.63, 3.8) is 0 Å². The highest BCUT2D eigenvalue weighted by atomic mass is 32.2. The second-order valence-corrected chi connectivity index (χ2v) is 10.5. The lowest BCUT2D eigenvalue weighted by molar-refractivity contribution is 0.393. The third-order valence-electron chi connectivity index (χ3n) is 6.33. The zero-order chi connectivity index (χ0) is 21.6. The van der Waals surface area contributed by atoms with E-state index in [1.54, 1.807) is 6.07 Å². The number of hydrogen-bond donors (Lipinski definition) is 2. The lowest BCUT2D eigenvalue weighted by Crippen LogP contribution is -2.32. The van der Waals surface area contributed by atoms with E-state index in [1.807, 2.05) is 32.0 Å². The number of aromatic nitrogens is 2. The fourth-order valence-corrected chi connectivity index (χ4v) is 6.00. The van der Waals surface area contributed by atoms with E-state index in [2.05, 4.69) is 15.2 Å². The predicted octanol–water partition coefficient (Wildman–Crippen LogP) is 4.55. The average Bonchev–Trinajstić information content (AvgIpc) is 3.33. The Hall–Kier alpha value is -2.45. The van der Waals surface area contributed by atoms with Crippen LogP contribution in [0.2, 0.25) is 0 Å². The first kappa shape index (κ1) is 20.5. The number of nitrogens with zero attached hydrogens (tertiary/aromatic N) is 2. The molecule has 3 aromatic rings. The summed E-state index contributed by atoms with van der Waals surface area (Å²) in [5, 5.41) is 8.06. The van der Waals surface area contributed by atoms with Crippen LogP contribution < -0.4 is 10.0 Å². The third-order valence-corrected chi connectivity index (χ3v) is 7.89. The van der Waals surface area contributed by atoms with Gasteiger partial charge in [-0.1, -0.05) is 18.0 Å². The van der Waals surface area contributed by atoms with Gasteiger partial charge >= 0.3 is 0 Å². The number of pyridine rings is 1. The average molecular weight is 441 g/mol. The zero-order valence-electron chi connectivity index (χ0n) is 17.9. The van der Waals surface area contributed by atoms with E-state index in [1.165, 1.54) is 12.8 Å². The highest BCUT2D eigenvalue weighted by molar-refractivity contribution is 7.89. The van der Waals surface area contributed by atoms with Crippen molar-refractivity contribution in [2.75, 3.05) is 11.9 Å². The largest absolute Gasteiger partial charge is 0.370 e. The van der Waals surface area contributed by atoms with Crippen molar-refractivity contribution in [2.45, 2.75) is 63.3 Å². The lowest BCUT2D eigenvalue weighted by atomic mass is 10.0. The van der Waals surface area contributed by atoms with Gasteiger partial charge in [-0.25, -0.2) is 18.1 Å². The van der Waals surface area contributed by atoms with E-state index in [0.717, 1.165) is 60.8 Å². The number of hydrogen-bond acceptors (Lipinski definition) is 6. The minimum Gasteiger partial charge on any atom is -0.370 e. The van der Waals surface area contributed by atoms with Crippen LogP contribution in [0, 0.1) is 19.8 Å². The van der Waals surface area contributed by atoms with Gasteiger partial charge in [-0.2, -0.15) is 0 Å². The molecule has 1 aromatic carbocycles. The molecule has 0 aliphatic heterocycles. The van der Waals surface area contributed by atoms with Crippen LogP contribution >= 0.6 is 0 Å². The van der Waals surface area contributed by atoms with Gasteiger partial charge < -0.3 is 9.84 Å². The topological polar surface area (TPSA) is 97.1 Å². The molecule has 0 saturated heterocycles. The van der Waals surface area contributed by atoms with Crippen LogP contribution in [0.3, 0.4) is 0 Å². The molecular weight excluding hydrogens is 412 g/mol. The fourth-order valence-electron chi connectivity index (χ4n) is 4.46. The van der Waals surface area contributed by atoms with E-state index in [4.69, 9.17) is 9.51 Å². The molecule has 2 N–H and O–H groups in total. The molecule has 2 aliphatic rings.